The third-order valence-electron chi connectivity index (χ3n) is 5.56. The monoisotopic (exact) mass is 439 g/mol. The van der Waals surface area contributed by atoms with Crippen molar-refractivity contribution in [2.24, 2.45) is 4.99 Å². The number of anilines is 1. The summed E-state index contributed by atoms with van der Waals surface area (Å²) in [5.41, 5.74) is 1.56. The molecule has 1 atom stereocenters. The largest absolute Gasteiger partial charge is 0.325 e. The molecule has 2 amide bonds. The van der Waals surface area contributed by atoms with Gasteiger partial charge in [-0.15, -0.1) is 0 Å². The first kappa shape index (κ1) is 20.3. The van der Waals surface area contributed by atoms with Gasteiger partial charge in [-0.25, -0.2) is 4.99 Å². The van der Waals surface area contributed by atoms with Crippen LogP contribution in [0.15, 0.2) is 89.9 Å². The maximum Gasteiger partial charge on any atom is 0.242 e. The Morgan fingerprint density at radius 1 is 0.906 bits per heavy atom. The van der Waals surface area contributed by atoms with Crippen LogP contribution in [-0.2, 0) is 9.59 Å². The number of nitrogens with zero attached hydrogens (tertiary/aromatic N) is 2. The maximum atomic E-state index is 12.8. The number of hydrogen-bond donors (Lipinski definition) is 1. The molecule has 6 heteroatoms. The molecule has 5 nitrogen and oxygen atoms in total. The zero-order valence-electron chi connectivity index (χ0n) is 17.5. The topological polar surface area (TPSA) is 61.8 Å². The highest BCUT2D eigenvalue weighted by Crippen LogP contribution is 2.33. The summed E-state index contributed by atoms with van der Waals surface area (Å²) in [7, 11) is 1.71. The molecular formula is C26H21N3O2S. The van der Waals surface area contributed by atoms with Crippen molar-refractivity contribution in [1.82, 2.24) is 4.90 Å². The summed E-state index contributed by atoms with van der Waals surface area (Å²) in [5.74, 6) is -0.297. The number of benzene rings is 4. The van der Waals surface area contributed by atoms with Gasteiger partial charge in [-0.2, -0.15) is 0 Å². The minimum atomic E-state index is -0.497. The van der Waals surface area contributed by atoms with E-state index in [1.807, 2.05) is 84.9 Å². The van der Waals surface area contributed by atoms with Gasteiger partial charge in [0.25, 0.3) is 0 Å². The number of thioether (sulfide) groups is 1. The lowest BCUT2D eigenvalue weighted by molar-refractivity contribution is -0.127. The molecule has 4 aromatic carbocycles. The van der Waals surface area contributed by atoms with Crippen LogP contribution in [0.4, 0.5) is 11.4 Å². The Labute approximate surface area is 190 Å². The van der Waals surface area contributed by atoms with Gasteiger partial charge in [0, 0.05) is 29.9 Å². The Bertz CT molecular complexity index is 1370. The van der Waals surface area contributed by atoms with Crippen molar-refractivity contribution < 1.29 is 9.59 Å². The number of amidine groups is 1. The fourth-order valence-electron chi connectivity index (χ4n) is 3.91. The lowest BCUT2D eigenvalue weighted by Gasteiger charge is -2.11. The van der Waals surface area contributed by atoms with Gasteiger partial charge in [-0.3, -0.25) is 14.5 Å². The summed E-state index contributed by atoms with van der Waals surface area (Å²) in [6.07, 6.45) is 0.0889. The van der Waals surface area contributed by atoms with Crippen LogP contribution in [-0.4, -0.2) is 34.2 Å². The number of fused-ring (bicyclic) bond motifs is 2. The molecule has 1 saturated heterocycles. The van der Waals surface area contributed by atoms with E-state index in [0.29, 0.717) is 5.17 Å². The third kappa shape index (κ3) is 3.85. The van der Waals surface area contributed by atoms with Crippen LogP contribution in [0.2, 0.25) is 0 Å². The molecule has 1 N–H and O–H groups in total. The second kappa shape index (κ2) is 8.48. The second-order valence-corrected chi connectivity index (χ2v) is 8.85. The Balaban J connectivity index is 1.34. The van der Waals surface area contributed by atoms with E-state index in [4.69, 9.17) is 4.99 Å². The van der Waals surface area contributed by atoms with Gasteiger partial charge in [0.2, 0.25) is 11.8 Å². The minimum absolute atomic E-state index is 0.0889. The molecule has 0 unspecified atom stereocenters. The van der Waals surface area contributed by atoms with Crippen molar-refractivity contribution in [2.75, 3.05) is 12.4 Å². The van der Waals surface area contributed by atoms with E-state index in [9.17, 15) is 9.59 Å². The molecule has 0 saturated carbocycles. The molecule has 1 aliphatic heterocycles. The molecule has 1 aliphatic rings. The Morgan fingerprint density at radius 3 is 2.31 bits per heavy atom. The van der Waals surface area contributed by atoms with E-state index >= 15 is 0 Å². The maximum absolute atomic E-state index is 12.8. The number of carbonyl (C=O) groups is 2. The number of hydrogen-bond acceptors (Lipinski definition) is 4. The number of carbonyl (C=O) groups excluding carboxylic acids is 2. The Kier molecular flexibility index (Phi) is 5.37. The first-order chi connectivity index (χ1) is 15.6. The highest BCUT2D eigenvalue weighted by atomic mass is 32.2. The van der Waals surface area contributed by atoms with Gasteiger partial charge < -0.3 is 5.32 Å². The lowest BCUT2D eigenvalue weighted by Crippen LogP contribution is -2.30. The highest BCUT2D eigenvalue weighted by Gasteiger charge is 2.37. The van der Waals surface area contributed by atoms with Gasteiger partial charge in [-0.05, 0) is 22.9 Å². The van der Waals surface area contributed by atoms with Gasteiger partial charge >= 0.3 is 0 Å². The average Bonchev–Trinajstić information content (AvgIpc) is 3.07. The predicted molar refractivity (Wildman–Crippen MR) is 132 cm³/mol. The van der Waals surface area contributed by atoms with E-state index in [-0.39, 0.29) is 18.2 Å². The van der Waals surface area contributed by atoms with Gasteiger partial charge in [-0.1, -0.05) is 84.6 Å². The van der Waals surface area contributed by atoms with Crippen molar-refractivity contribution in [2.45, 2.75) is 11.7 Å². The standard InChI is InChI=1S/C26H21N3O2S/c1-29-25(31)23(16-24(30)27-21-14-6-10-17-8-2-4-12-19(17)21)32-26(29)28-22-15-7-11-18-9-3-5-13-20(18)22/h2-15,23H,16H2,1H3,(H,27,30)/t23-/m0/s1. The number of rotatable bonds is 4. The van der Waals surface area contributed by atoms with Crippen LogP contribution in [0.1, 0.15) is 6.42 Å². The van der Waals surface area contributed by atoms with Crippen LogP contribution in [0.5, 0.6) is 0 Å². The molecular weight excluding hydrogens is 418 g/mol. The van der Waals surface area contributed by atoms with Gasteiger partial charge in [0.1, 0.15) is 5.25 Å². The molecule has 0 aromatic heterocycles. The molecule has 5 rings (SSSR count). The molecule has 0 radical (unpaired) electrons. The van der Waals surface area contributed by atoms with Crippen LogP contribution in [0.25, 0.3) is 21.5 Å². The Hall–Kier alpha value is -3.64. The van der Waals surface area contributed by atoms with E-state index in [1.165, 1.54) is 11.8 Å². The molecule has 0 aliphatic carbocycles. The second-order valence-electron chi connectivity index (χ2n) is 7.68. The quantitative estimate of drug-likeness (QED) is 0.451. The van der Waals surface area contributed by atoms with Gasteiger partial charge in [0.15, 0.2) is 5.17 Å². The van der Waals surface area contributed by atoms with Crippen molar-refractivity contribution >= 4 is 61.7 Å². The molecule has 0 bridgehead atoms. The molecule has 4 aromatic rings. The smallest absolute Gasteiger partial charge is 0.242 e. The lowest BCUT2D eigenvalue weighted by atomic mass is 10.1. The van der Waals surface area contributed by atoms with Crippen molar-refractivity contribution in [1.29, 1.82) is 0 Å². The zero-order valence-corrected chi connectivity index (χ0v) is 18.3. The molecule has 1 heterocycles. The van der Waals surface area contributed by atoms with Crippen molar-refractivity contribution in [3.8, 4) is 0 Å². The van der Waals surface area contributed by atoms with Crippen molar-refractivity contribution in [3.05, 3.63) is 84.9 Å². The Morgan fingerprint density at radius 2 is 1.53 bits per heavy atom. The van der Waals surface area contributed by atoms with E-state index in [1.54, 1.807) is 11.9 Å². The SMILES string of the molecule is CN1C(=O)[C@H](CC(=O)Nc2cccc3ccccc23)SC1=Nc1cccc2ccccc12. The van der Waals surface area contributed by atoms with E-state index in [2.05, 4.69) is 5.32 Å². The average molecular weight is 440 g/mol. The van der Waals surface area contributed by atoms with E-state index in [0.717, 1.165) is 32.9 Å². The third-order valence-corrected chi connectivity index (χ3v) is 6.79. The number of aliphatic imine (C=N–C) groups is 1. The molecule has 158 valence electrons. The van der Waals surface area contributed by atoms with Gasteiger partial charge in [0.05, 0.1) is 5.69 Å². The molecule has 1 fully saturated rings. The first-order valence-corrected chi connectivity index (χ1v) is 11.3. The van der Waals surface area contributed by atoms with Crippen LogP contribution in [0, 0.1) is 0 Å². The van der Waals surface area contributed by atoms with E-state index < -0.39 is 5.25 Å². The summed E-state index contributed by atoms with van der Waals surface area (Å²) in [6, 6.07) is 27.6. The summed E-state index contributed by atoms with van der Waals surface area (Å²) in [4.78, 5) is 31.9. The minimum Gasteiger partial charge on any atom is -0.325 e. The summed E-state index contributed by atoms with van der Waals surface area (Å²) >= 11 is 1.34. The predicted octanol–water partition coefficient (Wildman–Crippen LogP) is 5.58. The van der Waals surface area contributed by atoms with Crippen molar-refractivity contribution in [3.63, 3.8) is 0 Å². The number of amides is 2. The summed E-state index contributed by atoms with van der Waals surface area (Å²) < 4.78 is 0. The van der Waals surface area contributed by atoms with Crippen LogP contribution < -0.4 is 5.32 Å². The fourth-order valence-corrected chi connectivity index (χ4v) is 5.06. The zero-order chi connectivity index (χ0) is 22.1. The van der Waals surface area contributed by atoms with Crippen LogP contribution >= 0.6 is 11.8 Å². The summed E-state index contributed by atoms with van der Waals surface area (Å²) in [5, 5.41) is 7.24. The first-order valence-electron chi connectivity index (χ1n) is 10.4. The number of nitrogens with one attached hydrogen (secondary N) is 1. The summed E-state index contributed by atoms with van der Waals surface area (Å²) in [6.45, 7) is 0. The van der Waals surface area contributed by atoms with Crippen LogP contribution in [0.3, 0.4) is 0 Å². The fraction of sp³-hybridized carbons (Fsp3) is 0.115. The normalized spacial score (nSPS) is 17.4. The molecule has 0 spiro atoms. The molecule has 32 heavy (non-hydrogen) atoms. The highest BCUT2D eigenvalue weighted by molar-refractivity contribution is 8.15.